The van der Waals surface area contributed by atoms with Crippen molar-refractivity contribution < 1.29 is 14.2 Å². The Bertz CT molecular complexity index is 2250. The number of hydrogen-bond acceptors (Lipinski definition) is 7. The van der Waals surface area contributed by atoms with Gasteiger partial charge in [-0.25, -0.2) is 0 Å². The predicted molar refractivity (Wildman–Crippen MR) is 182 cm³/mol. The molecular weight excluding hydrogens is 644 g/mol. The number of nitrogens with zero attached hydrogens (tertiary/aromatic N) is 4. The monoisotopic (exact) mass is 670 g/mol. The SMILES string of the molecule is CCOc1ccncc1C(/C(=C(/C#N)c1c[nH]c2ccc(OC)cc12)c1cnccc1OC)=C(\C#N)c1c[nH]c2ccc(Br)cc12. The summed E-state index contributed by atoms with van der Waals surface area (Å²) in [7, 11) is 3.15. The maximum absolute atomic E-state index is 11.1. The van der Waals surface area contributed by atoms with Gasteiger partial charge in [0.05, 0.1) is 32.0 Å². The van der Waals surface area contributed by atoms with Crippen LogP contribution in [0.5, 0.6) is 17.2 Å². The summed E-state index contributed by atoms with van der Waals surface area (Å²) in [6, 6.07) is 19.9. The van der Waals surface area contributed by atoms with Gasteiger partial charge in [-0.15, -0.1) is 0 Å². The number of hydrogen-bond donors (Lipinski definition) is 2. The highest BCUT2D eigenvalue weighted by atomic mass is 79.9. The number of aromatic nitrogens is 4. The minimum Gasteiger partial charge on any atom is -0.497 e. The second-order valence-electron chi connectivity index (χ2n) is 10.1. The second kappa shape index (κ2) is 13.0. The average Bonchev–Trinajstić information content (AvgIpc) is 3.70. The van der Waals surface area contributed by atoms with E-state index in [-0.39, 0.29) is 5.57 Å². The van der Waals surface area contributed by atoms with Crippen LogP contribution < -0.4 is 14.2 Å². The molecule has 6 aromatic rings. The lowest BCUT2D eigenvalue weighted by molar-refractivity contribution is 0.339. The summed E-state index contributed by atoms with van der Waals surface area (Å²) in [4.78, 5) is 15.5. The molecule has 4 heterocycles. The van der Waals surface area contributed by atoms with E-state index in [0.717, 1.165) is 26.3 Å². The highest BCUT2D eigenvalue weighted by Gasteiger charge is 2.29. The predicted octanol–water partition coefficient (Wildman–Crippen LogP) is 8.19. The highest BCUT2D eigenvalue weighted by molar-refractivity contribution is 9.10. The van der Waals surface area contributed by atoms with Crippen molar-refractivity contribution in [1.29, 1.82) is 10.5 Å². The Morgan fingerprint density at radius 1 is 0.739 bits per heavy atom. The van der Waals surface area contributed by atoms with E-state index in [4.69, 9.17) is 14.2 Å². The van der Waals surface area contributed by atoms with Crippen molar-refractivity contribution in [3.63, 3.8) is 0 Å². The first-order valence-corrected chi connectivity index (χ1v) is 15.1. The lowest BCUT2D eigenvalue weighted by Gasteiger charge is -2.21. The molecular formula is C36H27BrN6O3. The first-order chi connectivity index (χ1) is 22.5. The maximum Gasteiger partial charge on any atom is 0.130 e. The lowest BCUT2D eigenvalue weighted by atomic mass is 9.82. The Morgan fingerprint density at radius 3 is 1.87 bits per heavy atom. The van der Waals surface area contributed by atoms with Crippen LogP contribution in [0.3, 0.4) is 0 Å². The van der Waals surface area contributed by atoms with Crippen molar-refractivity contribution in [2.45, 2.75) is 6.92 Å². The fourth-order valence-electron chi connectivity index (χ4n) is 5.62. The van der Waals surface area contributed by atoms with E-state index in [9.17, 15) is 10.5 Å². The number of nitriles is 2. The zero-order valence-corrected chi connectivity index (χ0v) is 26.8. The van der Waals surface area contributed by atoms with Crippen molar-refractivity contribution in [3.8, 4) is 29.4 Å². The number of H-pyrrole nitrogens is 2. The number of allylic oxidation sites excluding steroid dienone is 4. The Balaban J connectivity index is 1.85. The van der Waals surface area contributed by atoms with E-state index in [1.165, 1.54) is 0 Å². The molecule has 2 aromatic carbocycles. The molecule has 0 fully saturated rings. The van der Waals surface area contributed by atoms with Gasteiger partial charge in [-0.2, -0.15) is 10.5 Å². The van der Waals surface area contributed by atoms with Gasteiger partial charge in [0.1, 0.15) is 29.4 Å². The van der Waals surface area contributed by atoms with E-state index < -0.39 is 0 Å². The Morgan fingerprint density at radius 2 is 1.30 bits per heavy atom. The number of fused-ring (bicyclic) bond motifs is 2. The van der Waals surface area contributed by atoms with Crippen molar-refractivity contribution in [2.24, 2.45) is 0 Å². The van der Waals surface area contributed by atoms with E-state index in [1.54, 1.807) is 63.5 Å². The summed E-state index contributed by atoms with van der Waals surface area (Å²) in [5, 5.41) is 23.7. The van der Waals surface area contributed by atoms with Crippen LogP contribution in [-0.4, -0.2) is 40.8 Å². The quantitative estimate of drug-likeness (QED) is 0.117. The summed E-state index contributed by atoms with van der Waals surface area (Å²) in [6.07, 6.45) is 10.1. The Kier molecular flexibility index (Phi) is 8.55. The summed E-state index contributed by atoms with van der Waals surface area (Å²) >= 11 is 3.58. The normalized spacial score (nSPS) is 12.2. The van der Waals surface area contributed by atoms with E-state index in [2.05, 4.69) is 48.0 Å². The molecule has 0 bridgehead atoms. The van der Waals surface area contributed by atoms with Gasteiger partial charge in [0, 0.05) is 96.9 Å². The van der Waals surface area contributed by atoms with E-state index >= 15 is 0 Å². The Hall–Kier alpha value is -5.84. The van der Waals surface area contributed by atoms with Crippen molar-refractivity contribution in [3.05, 3.63) is 112 Å². The second-order valence-corrected chi connectivity index (χ2v) is 11.0. The molecule has 0 saturated heterocycles. The molecule has 0 radical (unpaired) electrons. The molecule has 4 aromatic heterocycles. The third-order valence-corrected chi connectivity index (χ3v) is 8.16. The molecule has 10 heteroatoms. The van der Waals surface area contributed by atoms with Gasteiger partial charge in [-0.05, 0) is 55.5 Å². The fourth-order valence-corrected chi connectivity index (χ4v) is 5.98. The third-order valence-electron chi connectivity index (χ3n) is 7.67. The minimum atomic E-state index is 0.279. The van der Waals surface area contributed by atoms with Gasteiger partial charge >= 0.3 is 0 Å². The molecule has 0 aliphatic heterocycles. The molecule has 6 rings (SSSR count). The molecule has 226 valence electrons. The van der Waals surface area contributed by atoms with Gasteiger partial charge in [0.15, 0.2) is 0 Å². The molecule has 46 heavy (non-hydrogen) atoms. The summed E-state index contributed by atoms with van der Waals surface area (Å²) in [5.74, 6) is 1.60. The molecule has 0 unspecified atom stereocenters. The topological polar surface area (TPSA) is 133 Å². The summed E-state index contributed by atoms with van der Waals surface area (Å²) < 4.78 is 18.3. The zero-order valence-electron chi connectivity index (χ0n) is 25.2. The fraction of sp³-hybridized carbons (Fsp3) is 0.111. The van der Waals surface area contributed by atoms with Gasteiger partial charge in [0.2, 0.25) is 0 Å². The first kappa shape index (κ1) is 30.2. The van der Waals surface area contributed by atoms with Gasteiger partial charge in [0.25, 0.3) is 0 Å². The lowest BCUT2D eigenvalue weighted by Crippen LogP contribution is -2.04. The molecule has 0 saturated carbocycles. The number of ether oxygens (including phenoxy) is 3. The van der Waals surface area contributed by atoms with Gasteiger partial charge < -0.3 is 24.2 Å². The summed E-state index contributed by atoms with van der Waals surface area (Å²) in [6.45, 7) is 2.26. The smallest absolute Gasteiger partial charge is 0.130 e. The molecule has 9 nitrogen and oxygen atoms in total. The minimum absolute atomic E-state index is 0.279. The number of halogens is 1. The molecule has 0 atom stereocenters. The standard InChI is InChI=1S/C36H27BrN6O3/c1-4-46-34-10-12-41-18-30(34)36(25(15-38)27-19-42-31-7-5-21(37)13-23(27)31)35(29-17-40-11-9-33(29)45-3)26(16-39)28-20-43-32-8-6-22(44-2)14-24(28)32/h5-14,17-20,42-43H,4H2,1-3H3/b35-26-,36-25-. The molecule has 0 aliphatic rings. The van der Waals surface area contributed by atoms with Crippen LogP contribution in [0, 0.1) is 22.7 Å². The van der Waals surface area contributed by atoms with Crippen molar-refractivity contribution >= 4 is 60.0 Å². The number of pyridine rings is 2. The highest BCUT2D eigenvalue weighted by Crippen LogP contribution is 2.48. The van der Waals surface area contributed by atoms with Crippen molar-refractivity contribution in [1.82, 2.24) is 19.9 Å². The van der Waals surface area contributed by atoms with Gasteiger partial charge in [-0.3, -0.25) is 9.97 Å². The number of benzene rings is 2. The molecule has 0 aliphatic carbocycles. The molecule has 0 spiro atoms. The van der Waals surface area contributed by atoms with Gasteiger partial charge in [-0.1, -0.05) is 15.9 Å². The average molecular weight is 672 g/mol. The van der Waals surface area contributed by atoms with Crippen LogP contribution in [0.2, 0.25) is 0 Å². The van der Waals surface area contributed by atoms with Crippen LogP contribution in [0.4, 0.5) is 0 Å². The third kappa shape index (κ3) is 5.36. The van der Waals surface area contributed by atoms with E-state index in [0.29, 0.717) is 62.8 Å². The van der Waals surface area contributed by atoms with Crippen LogP contribution in [0.15, 0.2) is 90.2 Å². The molecule has 2 N–H and O–H groups in total. The maximum atomic E-state index is 11.1. The number of nitrogens with one attached hydrogen (secondary N) is 2. The number of rotatable bonds is 9. The largest absolute Gasteiger partial charge is 0.497 e. The Labute approximate surface area is 273 Å². The zero-order chi connectivity index (χ0) is 32.2. The summed E-state index contributed by atoms with van der Waals surface area (Å²) in [5.41, 5.74) is 5.36. The molecule has 0 amide bonds. The van der Waals surface area contributed by atoms with E-state index in [1.807, 2.05) is 43.3 Å². The van der Waals surface area contributed by atoms with Crippen LogP contribution in [-0.2, 0) is 0 Å². The van der Waals surface area contributed by atoms with Crippen LogP contribution in [0.1, 0.15) is 29.2 Å². The van der Waals surface area contributed by atoms with Crippen LogP contribution >= 0.6 is 15.9 Å². The van der Waals surface area contributed by atoms with Crippen LogP contribution in [0.25, 0.3) is 44.1 Å². The number of aromatic amines is 2. The first-order valence-electron chi connectivity index (χ1n) is 14.3. The number of methoxy groups -OCH3 is 2. The van der Waals surface area contributed by atoms with Crippen molar-refractivity contribution in [2.75, 3.05) is 20.8 Å².